The maximum absolute atomic E-state index is 13.0. The number of aliphatic carboxylic acids is 1. The molecule has 0 spiro atoms. The van der Waals surface area contributed by atoms with Gasteiger partial charge in [0.15, 0.2) is 0 Å². The quantitative estimate of drug-likeness (QED) is 0.272. The first-order valence-electron chi connectivity index (χ1n) is 8.69. The third-order valence-electron chi connectivity index (χ3n) is 4.78. The zero-order valence-corrected chi connectivity index (χ0v) is 16.4. The molecule has 1 aliphatic rings. The highest BCUT2D eigenvalue weighted by Crippen LogP contribution is 2.32. The molecule has 1 fully saturated rings. The van der Waals surface area contributed by atoms with E-state index in [4.69, 9.17) is 26.6 Å². The standard InChI is InChI=1S/C14H31BN4O6S/c1-10(2)19(8-12(16)13(20)21)26(24,25)18-7-11(14(3,17)9-18)5-4-6-15(22)23/h10-12,22-23H,4-9,16-17H2,1-3H3,(H,20,21)/t11-,12?,14-/m0/s1. The molecule has 0 aromatic rings. The Morgan fingerprint density at radius 1 is 1.42 bits per heavy atom. The number of carboxylic acids is 1. The Balaban J connectivity index is 2.91. The summed E-state index contributed by atoms with van der Waals surface area (Å²) < 4.78 is 28.4. The third kappa shape index (κ3) is 5.88. The highest BCUT2D eigenvalue weighted by atomic mass is 32.2. The third-order valence-corrected chi connectivity index (χ3v) is 6.88. The van der Waals surface area contributed by atoms with Gasteiger partial charge in [0, 0.05) is 31.2 Å². The molecule has 3 atom stereocenters. The van der Waals surface area contributed by atoms with Gasteiger partial charge in [0.2, 0.25) is 0 Å². The predicted octanol–water partition coefficient (Wildman–Crippen LogP) is -1.74. The van der Waals surface area contributed by atoms with E-state index in [1.807, 2.05) is 0 Å². The zero-order chi connectivity index (χ0) is 20.3. The Hall–Kier alpha value is -0.755. The van der Waals surface area contributed by atoms with Gasteiger partial charge in [-0.25, -0.2) is 0 Å². The second kappa shape index (κ2) is 8.96. The number of hydrogen-bond donors (Lipinski definition) is 5. The van der Waals surface area contributed by atoms with Crippen molar-refractivity contribution in [1.82, 2.24) is 8.61 Å². The van der Waals surface area contributed by atoms with Crippen LogP contribution < -0.4 is 11.5 Å². The Labute approximate surface area is 155 Å². The summed E-state index contributed by atoms with van der Waals surface area (Å²) in [6.45, 7) is 5.06. The molecule has 1 heterocycles. The lowest BCUT2D eigenvalue weighted by atomic mass is 9.79. The van der Waals surface area contributed by atoms with Gasteiger partial charge in [-0.15, -0.1) is 0 Å². The Kier molecular flexibility index (Phi) is 8.02. The molecule has 7 N–H and O–H groups in total. The smallest absolute Gasteiger partial charge is 0.451 e. The van der Waals surface area contributed by atoms with Crippen LogP contribution >= 0.6 is 0 Å². The number of carboxylic acid groups (broad SMARTS) is 1. The monoisotopic (exact) mass is 394 g/mol. The molecule has 0 saturated carbocycles. The van der Waals surface area contributed by atoms with Gasteiger partial charge in [0.1, 0.15) is 6.04 Å². The maximum atomic E-state index is 13.0. The van der Waals surface area contributed by atoms with Gasteiger partial charge in [0.05, 0.1) is 0 Å². The molecule has 26 heavy (non-hydrogen) atoms. The van der Waals surface area contributed by atoms with Crippen LogP contribution in [0.2, 0.25) is 6.32 Å². The molecule has 10 nitrogen and oxygen atoms in total. The van der Waals surface area contributed by atoms with Crippen molar-refractivity contribution in [2.75, 3.05) is 19.6 Å². The van der Waals surface area contributed by atoms with E-state index in [9.17, 15) is 13.2 Å². The van der Waals surface area contributed by atoms with Crippen molar-refractivity contribution in [1.29, 1.82) is 0 Å². The predicted molar refractivity (Wildman–Crippen MR) is 98.3 cm³/mol. The van der Waals surface area contributed by atoms with Crippen molar-refractivity contribution < 1.29 is 28.4 Å². The Morgan fingerprint density at radius 2 is 2.00 bits per heavy atom. The molecule has 1 rings (SSSR count). The van der Waals surface area contributed by atoms with Gasteiger partial charge >= 0.3 is 13.1 Å². The first-order chi connectivity index (χ1) is 11.8. The van der Waals surface area contributed by atoms with E-state index in [2.05, 4.69) is 0 Å². The van der Waals surface area contributed by atoms with Crippen LogP contribution in [-0.4, -0.2) is 82.5 Å². The van der Waals surface area contributed by atoms with Gasteiger partial charge < -0.3 is 26.6 Å². The normalized spacial score (nSPS) is 25.8. The molecule has 1 aliphatic heterocycles. The lowest BCUT2D eigenvalue weighted by Gasteiger charge is -2.31. The molecule has 0 radical (unpaired) electrons. The van der Waals surface area contributed by atoms with Crippen LogP contribution in [0.5, 0.6) is 0 Å². The Bertz CT molecular complexity index is 586. The van der Waals surface area contributed by atoms with E-state index in [1.165, 1.54) is 4.31 Å². The molecule has 12 heteroatoms. The number of hydrogen-bond acceptors (Lipinski definition) is 7. The van der Waals surface area contributed by atoms with E-state index in [-0.39, 0.29) is 31.9 Å². The van der Waals surface area contributed by atoms with E-state index in [0.717, 1.165) is 4.31 Å². The fraction of sp³-hybridized carbons (Fsp3) is 0.929. The van der Waals surface area contributed by atoms with E-state index in [1.54, 1.807) is 20.8 Å². The van der Waals surface area contributed by atoms with Gasteiger partial charge in [-0.3, -0.25) is 4.79 Å². The summed E-state index contributed by atoms with van der Waals surface area (Å²) >= 11 is 0. The first-order valence-corrected chi connectivity index (χ1v) is 10.1. The van der Waals surface area contributed by atoms with Crippen LogP contribution in [0.1, 0.15) is 33.6 Å². The molecule has 0 bridgehead atoms. The van der Waals surface area contributed by atoms with Crippen molar-refractivity contribution >= 4 is 23.3 Å². The maximum Gasteiger partial charge on any atom is 0.451 e. The topological polar surface area (TPSA) is 170 Å². The molecule has 1 unspecified atom stereocenters. The van der Waals surface area contributed by atoms with Crippen molar-refractivity contribution in [2.24, 2.45) is 17.4 Å². The van der Waals surface area contributed by atoms with Crippen LogP contribution in [-0.2, 0) is 15.0 Å². The minimum absolute atomic E-state index is 0.104. The summed E-state index contributed by atoms with van der Waals surface area (Å²) in [4.78, 5) is 11.0. The number of nitrogens with two attached hydrogens (primary N) is 2. The summed E-state index contributed by atoms with van der Waals surface area (Å²) in [6.07, 6.45) is 1.28. The highest BCUT2D eigenvalue weighted by Gasteiger charge is 2.46. The van der Waals surface area contributed by atoms with Crippen LogP contribution in [0, 0.1) is 5.92 Å². The van der Waals surface area contributed by atoms with Gasteiger partial charge in [-0.05, 0) is 39.4 Å². The van der Waals surface area contributed by atoms with Crippen LogP contribution in [0.25, 0.3) is 0 Å². The average molecular weight is 394 g/mol. The SMILES string of the molecule is CC(C)N(CC(N)C(=O)O)S(=O)(=O)N1C[C@H](CCCB(O)O)[C@@](C)(N)C1. The molecular formula is C14H31BN4O6S. The largest absolute Gasteiger partial charge is 0.480 e. The van der Waals surface area contributed by atoms with Crippen molar-refractivity contribution in [3.8, 4) is 0 Å². The number of nitrogens with zero attached hydrogens (tertiary/aromatic N) is 2. The lowest BCUT2D eigenvalue weighted by Crippen LogP contribution is -2.53. The van der Waals surface area contributed by atoms with E-state index < -0.39 is 40.9 Å². The van der Waals surface area contributed by atoms with Crippen LogP contribution in [0.4, 0.5) is 0 Å². The minimum atomic E-state index is -3.93. The molecule has 152 valence electrons. The molecule has 0 aromatic carbocycles. The Morgan fingerprint density at radius 3 is 2.46 bits per heavy atom. The molecule has 0 aromatic heterocycles. The van der Waals surface area contributed by atoms with Crippen molar-refractivity contribution in [3.05, 3.63) is 0 Å². The summed E-state index contributed by atoms with van der Waals surface area (Å²) in [6, 6.07) is -1.78. The van der Waals surface area contributed by atoms with Gasteiger partial charge in [-0.2, -0.15) is 17.0 Å². The average Bonchev–Trinajstić information content (AvgIpc) is 2.79. The van der Waals surface area contributed by atoms with E-state index >= 15 is 0 Å². The van der Waals surface area contributed by atoms with Crippen molar-refractivity contribution in [2.45, 2.75) is 57.6 Å². The minimum Gasteiger partial charge on any atom is -0.480 e. The fourth-order valence-corrected chi connectivity index (χ4v) is 5.15. The lowest BCUT2D eigenvalue weighted by molar-refractivity contribution is -0.138. The number of carbonyl (C=O) groups is 1. The second-order valence-electron chi connectivity index (χ2n) is 7.52. The van der Waals surface area contributed by atoms with Crippen LogP contribution in [0.3, 0.4) is 0 Å². The number of rotatable bonds is 10. The van der Waals surface area contributed by atoms with Crippen LogP contribution in [0.15, 0.2) is 0 Å². The first kappa shape index (κ1) is 23.3. The van der Waals surface area contributed by atoms with E-state index in [0.29, 0.717) is 12.8 Å². The summed E-state index contributed by atoms with van der Waals surface area (Å²) in [5, 5.41) is 26.9. The van der Waals surface area contributed by atoms with Gasteiger partial charge in [-0.1, -0.05) is 6.42 Å². The van der Waals surface area contributed by atoms with Crippen molar-refractivity contribution in [3.63, 3.8) is 0 Å². The zero-order valence-electron chi connectivity index (χ0n) is 15.6. The molecule has 1 saturated heterocycles. The molecule has 0 aliphatic carbocycles. The summed E-state index contributed by atoms with van der Waals surface area (Å²) in [5.41, 5.74) is 11.1. The molecule has 0 amide bonds. The van der Waals surface area contributed by atoms with Gasteiger partial charge in [0.25, 0.3) is 10.2 Å². The fourth-order valence-electron chi connectivity index (χ4n) is 3.16. The highest BCUT2D eigenvalue weighted by molar-refractivity contribution is 7.86. The summed E-state index contributed by atoms with van der Waals surface area (Å²) in [5.74, 6) is -1.41. The second-order valence-corrected chi connectivity index (χ2v) is 9.40. The molecular weight excluding hydrogens is 363 g/mol. The summed E-state index contributed by atoms with van der Waals surface area (Å²) in [7, 11) is -5.32.